The minimum Gasteiger partial charge on any atom is -0.360 e. The van der Waals surface area contributed by atoms with Gasteiger partial charge < -0.3 is 14.3 Å². The monoisotopic (exact) mass is 353 g/mol. The maximum Gasteiger partial charge on any atom is 0.276 e. The molecule has 2 aromatic rings. The molecule has 1 aliphatic heterocycles. The molecule has 0 aromatic carbocycles. The van der Waals surface area contributed by atoms with E-state index >= 15 is 0 Å². The van der Waals surface area contributed by atoms with Gasteiger partial charge in [0.15, 0.2) is 11.5 Å². The van der Waals surface area contributed by atoms with Crippen molar-refractivity contribution in [1.82, 2.24) is 20.3 Å². The zero-order valence-electron chi connectivity index (χ0n) is 15.1. The van der Waals surface area contributed by atoms with E-state index in [1.165, 1.54) is 12.0 Å². The SMILES string of the molecule is CN(C(=O)c1noc2c1CCCC2)C1CN(c2cc3c(nn2)CCC3)C1. The van der Waals surface area contributed by atoms with Gasteiger partial charge >= 0.3 is 0 Å². The summed E-state index contributed by atoms with van der Waals surface area (Å²) >= 11 is 0. The first-order valence-electron chi connectivity index (χ1n) is 9.55. The Morgan fingerprint density at radius 2 is 2.00 bits per heavy atom. The van der Waals surface area contributed by atoms with Gasteiger partial charge in [-0.15, -0.1) is 5.10 Å². The lowest BCUT2D eigenvalue weighted by Crippen LogP contribution is -2.60. The molecule has 0 spiro atoms. The highest BCUT2D eigenvalue weighted by Crippen LogP contribution is 2.28. The summed E-state index contributed by atoms with van der Waals surface area (Å²) in [6, 6.07) is 2.34. The van der Waals surface area contributed by atoms with Crippen LogP contribution in [0.2, 0.25) is 0 Å². The zero-order chi connectivity index (χ0) is 17.7. The third-order valence-corrected chi connectivity index (χ3v) is 6.01. The zero-order valence-corrected chi connectivity index (χ0v) is 15.1. The molecular formula is C19H23N5O2. The van der Waals surface area contributed by atoms with Crippen LogP contribution < -0.4 is 4.90 Å². The van der Waals surface area contributed by atoms with Gasteiger partial charge in [0.2, 0.25) is 0 Å². The maximum atomic E-state index is 12.9. The van der Waals surface area contributed by atoms with E-state index in [0.29, 0.717) is 5.69 Å². The topological polar surface area (TPSA) is 75.4 Å². The van der Waals surface area contributed by atoms with E-state index < -0.39 is 0 Å². The molecule has 2 aliphatic carbocycles. The summed E-state index contributed by atoms with van der Waals surface area (Å²) in [6.45, 7) is 1.57. The van der Waals surface area contributed by atoms with E-state index in [4.69, 9.17) is 4.52 Å². The normalized spacial score (nSPS) is 19.0. The molecule has 0 radical (unpaired) electrons. The van der Waals surface area contributed by atoms with Crippen LogP contribution in [0.25, 0.3) is 0 Å². The van der Waals surface area contributed by atoms with Crippen LogP contribution in [0.4, 0.5) is 5.82 Å². The van der Waals surface area contributed by atoms with Crippen molar-refractivity contribution in [2.24, 2.45) is 0 Å². The Morgan fingerprint density at radius 1 is 1.15 bits per heavy atom. The van der Waals surface area contributed by atoms with Crippen molar-refractivity contribution < 1.29 is 9.32 Å². The van der Waals surface area contributed by atoms with E-state index in [-0.39, 0.29) is 11.9 Å². The van der Waals surface area contributed by atoms with Gasteiger partial charge in [0.25, 0.3) is 5.91 Å². The van der Waals surface area contributed by atoms with E-state index in [2.05, 4.69) is 26.3 Å². The summed E-state index contributed by atoms with van der Waals surface area (Å²) in [5.41, 5.74) is 4.01. The van der Waals surface area contributed by atoms with Crippen LogP contribution in [0.1, 0.15) is 52.3 Å². The number of anilines is 1. The van der Waals surface area contributed by atoms with Gasteiger partial charge in [0.05, 0.1) is 11.7 Å². The molecule has 0 bridgehead atoms. The fourth-order valence-corrected chi connectivity index (χ4v) is 4.24. The predicted molar refractivity (Wildman–Crippen MR) is 95.3 cm³/mol. The molecule has 0 N–H and O–H groups in total. The lowest BCUT2D eigenvalue weighted by Gasteiger charge is -2.44. The average Bonchev–Trinajstić information content (AvgIpc) is 3.26. The van der Waals surface area contributed by atoms with E-state index in [1.54, 1.807) is 0 Å². The Kier molecular flexibility index (Phi) is 3.69. The molecule has 136 valence electrons. The van der Waals surface area contributed by atoms with Crippen LogP contribution in [0.3, 0.4) is 0 Å². The smallest absolute Gasteiger partial charge is 0.276 e. The second-order valence-electron chi connectivity index (χ2n) is 7.64. The molecule has 2 aromatic heterocycles. The molecular weight excluding hydrogens is 330 g/mol. The molecule has 1 fully saturated rings. The van der Waals surface area contributed by atoms with E-state index in [9.17, 15) is 4.79 Å². The number of rotatable bonds is 3. The van der Waals surface area contributed by atoms with Gasteiger partial charge in [0, 0.05) is 32.1 Å². The third-order valence-electron chi connectivity index (χ3n) is 6.01. The highest BCUT2D eigenvalue weighted by molar-refractivity contribution is 5.94. The molecule has 3 heterocycles. The lowest BCUT2D eigenvalue weighted by molar-refractivity contribution is 0.0693. The number of carbonyl (C=O) groups excluding carboxylic acids is 1. The summed E-state index contributed by atoms with van der Waals surface area (Å²) in [7, 11) is 1.86. The number of carbonyl (C=O) groups is 1. The van der Waals surface area contributed by atoms with E-state index in [1.807, 2.05) is 11.9 Å². The van der Waals surface area contributed by atoms with Crippen LogP contribution in [-0.2, 0) is 25.7 Å². The van der Waals surface area contributed by atoms with Crippen LogP contribution in [0.15, 0.2) is 10.6 Å². The molecule has 0 saturated carbocycles. The van der Waals surface area contributed by atoms with Crippen molar-refractivity contribution in [3.63, 3.8) is 0 Å². The Labute approximate surface area is 152 Å². The molecule has 0 unspecified atom stereocenters. The Balaban J connectivity index is 1.26. The Hall–Kier alpha value is -2.44. The van der Waals surface area contributed by atoms with E-state index in [0.717, 1.165) is 74.4 Å². The minimum atomic E-state index is -0.0263. The number of likely N-dealkylation sites (N-methyl/N-ethyl adjacent to an activating group) is 1. The summed E-state index contributed by atoms with van der Waals surface area (Å²) in [5.74, 6) is 1.81. The fraction of sp³-hybridized carbons (Fsp3) is 0.579. The molecule has 7 nitrogen and oxygen atoms in total. The predicted octanol–water partition coefficient (Wildman–Crippen LogP) is 1.79. The third kappa shape index (κ3) is 2.48. The maximum absolute atomic E-state index is 12.9. The van der Waals surface area contributed by atoms with Crippen molar-refractivity contribution in [3.8, 4) is 0 Å². The lowest BCUT2D eigenvalue weighted by atomic mass is 9.96. The summed E-state index contributed by atoms with van der Waals surface area (Å²) in [6.07, 6.45) is 7.34. The summed E-state index contributed by atoms with van der Waals surface area (Å²) < 4.78 is 5.40. The summed E-state index contributed by atoms with van der Waals surface area (Å²) in [4.78, 5) is 16.9. The Bertz CT molecular complexity index is 856. The summed E-state index contributed by atoms with van der Waals surface area (Å²) in [5, 5.41) is 12.8. The number of fused-ring (bicyclic) bond motifs is 2. The molecule has 1 amide bonds. The number of nitrogens with zero attached hydrogens (tertiary/aromatic N) is 5. The van der Waals surface area contributed by atoms with Crippen molar-refractivity contribution in [3.05, 3.63) is 34.3 Å². The first-order chi connectivity index (χ1) is 12.7. The number of hydrogen-bond donors (Lipinski definition) is 0. The second-order valence-corrected chi connectivity index (χ2v) is 7.64. The van der Waals surface area contributed by atoms with Crippen LogP contribution in [-0.4, -0.2) is 52.3 Å². The molecule has 26 heavy (non-hydrogen) atoms. The van der Waals surface area contributed by atoms with Crippen LogP contribution in [0.5, 0.6) is 0 Å². The van der Waals surface area contributed by atoms with Gasteiger partial charge in [-0.2, -0.15) is 5.10 Å². The van der Waals surface area contributed by atoms with Gasteiger partial charge in [-0.1, -0.05) is 5.16 Å². The van der Waals surface area contributed by atoms with Crippen molar-refractivity contribution in [2.75, 3.05) is 25.0 Å². The van der Waals surface area contributed by atoms with Gasteiger partial charge in [-0.05, 0) is 50.2 Å². The number of amides is 1. The highest BCUT2D eigenvalue weighted by Gasteiger charge is 2.36. The van der Waals surface area contributed by atoms with Crippen molar-refractivity contribution >= 4 is 11.7 Å². The standard InChI is InChI=1S/C19H23N5O2/c1-23(19(25)18-14-6-2-3-8-16(14)26-22-18)13-10-24(11-13)17-9-12-5-4-7-15(12)20-21-17/h9,13H,2-8,10-11H2,1H3. The number of aryl methyl sites for hydroxylation is 3. The van der Waals surface area contributed by atoms with Gasteiger partial charge in [-0.25, -0.2) is 0 Å². The van der Waals surface area contributed by atoms with Crippen LogP contribution >= 0.6 is 0 Å². The van der Waals surface area contributed by atoms with Crippen molar-refractivity contribution in [2.45, 2.75) is 51.0 Å². The fourth-order valence-electron chi connectivity index (χ4n) is 4.24. The number of hydrogen-bond acceptors (Lipinski definition) is 6. The molecule has 1 saturated heterocycles. The largest absolute Gasteiger partial charge is 0.360 e. The first-order valence-corrected chi connectivity index (χ1v) is 9.55. The second kappa shape index (κ2) is 6.07. The minimum absolute atomic E-state index is 0.0263. The van der Waals surface area contributed by atoms with Gasteiger partial charge in [-0.3, -0.25) is 4.79 Å². The molecule has 0 atom stereocenters. The molecule has 7 heteroatoms. The quantitative estimate of drug-likeness (QED) is 0.837. The Morgan fingerprint density at radius 3 is 2.88 bits per heavy atom. The van der Waals surface area contributed by atoms with Gasteiger partial charge in [0.1, 0.15) is 5.76 Å². The van der Waals surface area contributed by atoms with Crippen molar-refractivity contribution in [1.29, 1.82) is 0 Å². The first kappa shape index (κ1) is 15.8. The average molecular weight is 353 g/mol. The van der Waals surface area contributed by atoms with Crippen LogP contribution in [0, 0.1) is 0 Å². The molecule has 3 aliphatic rings. The number of aromatic nitrogens is 3. The highest BCUT2D eigenvalue weighted by atomic mass is 16.5. The molecule has 5 rings (SSSR count).